The van der Waals surface area contributed by atoms with Gasteiger partial charge in [0.15, 0.2) is 5.96 Å². The Morgan fingerprint density at radius 1 is 1.27 bits per heavy atom. The number of aliphatic hydroxyl groups is 1. The van der Waals surface area contributed by atoms with E-state index in [2.05, 4.69) is 25.4 Å². The van der Waals surface area contributed by atoms with E-state index in [1.807, 2.05) is 23.8 Å². The number of hydrogen-bond acceptors (Lipinski definition) is 5. The molecule has 8 heteroatoms. The molecule has 0 aromatic carbocycles. The fourth-order valence-electron chi connectivity index (χ4n) is 4.19. The second kappa shape index (κ2) is 11.1. The molecule has 2 aliphatic rings. The highest BCUT2D eigenvalue weighted by molar-refractivity contribution is 7.08. The number of hydrogen-bond donors (Lipinski definition) is 3. The normalized spacial score (nSPS) is 20.9. The van der Waals surface area contributed by atoms with Crippen LogP contribution in [0.1, 0.15) is 45.1 Å². The van der Waals surface area contributed by atoms with Crippen LogP contribution in [0.3, 0.4) is 0 Å². The van der Waals surface area contributed by atoms with E-state index < -0.39 is 5.60 Å². The number of aliphatic imine (C=N–C) groups is 1. The highest BCUT2D eigenvalue weighted by Crippen LogP contribution is 2.27. The first kappa shape index (κ1) is 23.0. The summed E-state index contributed by atoms with van der Waals surface area (Å²) in [5, 5.41) is 21.2. The Bertz CT molecular complexity index is 678. The maximum absolute atomic E-state index is 12.6. The molecule has 0 spiro atoms. The molecule has 0 bridgehead atoms. The molecule has 2 heterocycles. The Morgan fingerprint density at radius 2 is 2.00 bits per heavy atom. The van der Waals surface area contributed by atoms with Gasteiger partial charge in [0.2, 0.25) is 5.91 Å². The first-order chi connectivity index (χ1) is 14.5. The van der Waals surface area contributed by atoms with E-state index in [0.717, 1.165) is 70.2 Å². The van der Waals surface area contributed by atoms with Gasteiger partial charge in [0.25, 0.3) is 0 Å². The fraction of sp³-hybridized carbons (Fsp3) is 0.727. The summed E-state index contributed by atoms with van der Waals surface area (Å²) in [6, 6.07) is 1.94. The number of thiophene rings is 1. The smallest absolute Gasteiger partial charge is 0.225 e. The lowest BCUT2D eigenvalue weighted by Gasteiger charge is -2.36. The van der Waals surface area contributed by atoms with Crippen molar-refractivity contribution in [1.29, 1.82) is 0 Å². The molecule has 1 saturated carbocycles. The van der Waals surface area contributed by atoms with E-state index in [1.165, 1.54) is 12.8 Å². The summed E-state index contributed by atoms with van der Waals surface area (Å²) in [7, 11) is 0. The Morgan fingerprint density at radius 3 is 2.63 bits per heavy atom. The van der Waals surface area contributed by atoms with E-state index in [1.54, 1.807) is 18.3 Å². The summed E-state index contributed by atoms with van der Waals surface area (Å²) < 4.78 is 0. The standard InChI is InChI=1S/C22H37N5O2S/c1-3-23-21(25-17-22(2,29)19-8-15-30-16-19)24-9-10-26-11-13-27(14-12-26)20(28)18-6-4-5-7-18/h8,15-16,18,29H,3-7,9-14,17H2,1-2H3,(H2,23,24,25). The van der Waals surface area contributed by atoms with Gasteiger partial charge in [-0.25, -0.2) is 4.99 Å². The molecule has 1 aromatic heterocycles. The predicted molar refractivity (Wildman–Crippen MR) is 123 cm³/mol. The number of carbonyl (C=O) groups excluding carboxylic acids is 1. The minimum atomic E-state index is -0.968. The zero-order valence-corrected chi connectivity index (χ0v) is 19.2. The summed E-state index contributed by atoms with van der Waals surface area (Å²) in [6.45, 7) is 10.2. The highest BCUT2D eigenvalue weighted by Gasteiger charge is 2.29. The van der Waals surface area contributed by atoms with Crippen molar-refractivity contribution in [3.05, 3.63) is 22.4 Å². The van der Waals surface area contributed by atoms with Crippen molar-refractivity contribution in [2.45, 2.75) is 45.1 Å². The van der Waals surface area contributed by atoms with E-state index >= 15 is 0 Å². The topological polar surface area (TPSA) is 80.2 Å². The van der Waals surface area contributed by atoms with Crippen molar-refractivity contribution < 1.29 is 9.90 Å². The van der Waals surface area contributed by atoms with Gasteiger partial charge in [-0.05, 0) is 49.1 Å². The Hall–Kier alpha value is -1.64. The molecule has 1 atom stereocenters. The van der Waals surface area contributed by atoms with Crippen molar-refractivity contribution in [3.63, 3.8) is 0 Å². The first-order valence-electron chi connectivity index (χ1n) is 11.3. The third-order valence-corrected chi connectivity index (χ3v) is 6.82. The molecule has 1 amide bonds. The largest absolute Gasteiger partial charge is 0.383 e. The van der Waals surface area contributed by atoms with Crippen LogP contribution < -0.4 is 10.6 Å². The minimum absolute atomic E-state index is 0.281. The molecule has 2 fully saturated rings. The van der Waals surface area contributed by atoms with Crippen LogP contribution >= 0.6 is 11.3 Å². The van der Waals surface area contributed by atoms with E-state index in [-0.39, 0.29) is 5.92 Å². The van der Waals surface area contributed by atoms with Gasteiger partial charge in [0, 0.05) is 51.7 Å². The number of guanidine groups is 1. The summed E-state index contributed by atoms with van der Waals surface area (Å²) in [6.07, 6.45) is 4.57. The van der Waals surface area contributed by atoms with Gasteiger partial charge in [-0.15, -0.1) is 0 Å². The van der Waals surface area contributed by atoms with Gasteiger partial charge >= 0.3 is 0 Å². The van der Waals surface area contributed by atoms with Crippen LogP contribution in [0.5, 0.6) is 0 Å². The molecular weight excluding hydrogens is 398 g/mol. The molecule has 1 saturated heterocycles. The second-order valence-corrected chi connectivity index (χ2v) is 9.34. The molecule has 1 aromatic rings. The number of nitrogens with one attached hydrogen (secondary N) is 2. The van der Waals surface area contributed by atoms with Gasteiger partial charge in [-0.2, -0.15) is 11.3 Å². The van der Waals surface area contributed by atoms with Crippen molar-refractivity contribution >= 4 is 23.2 Å². The van der Waals surface area contributed by atoms with Crippen LogP contribution in [0.25, 0.3) is 0 Å². The monoisotopic (exact) mass is 435 g/mol. The van der Waals surface area contributed by atoms with E-state index in [9.17, 15) is 9.90 Å². The van der Waals surface area contributed by atoms with Gasteiger partial charge in [0.1, 0.15) is 5.60 Å². The molecule has 30 heavy (non-hydrogen) atoms. The lowest BCUT2D eigenvalue weighted by Crippen LogP contribution is -2.52. The minimum Gasteiger partial charge on any atom is -0.383 e. The van der Waals surface area contributed by atoms with Crippen LogP contribution in [0.15, 0.2) is 21.8 Å². The van der Waals surface area contributed by atoms with Crippen molar-refractivity contribution in [1.82, 2.24) is 20.4 Å². The van der Waals surface area contributed by atoms with Gasteiger partial charge < -0.3 is 20.6 Å². The SMILES string of the molecule is CCNC(=NCC(C)(O)c1ccsc1)NCCN1CCN(C(=O)C2CCCC2)CC1. The van der Waals surface area contributed by atoms with E-state index in [0.29, 0.717) is 12.5 Å². The highest BCUT2D eigenvalue weighted by atomic mass is 32.1. The lowest BCUT2D eigenvalue weighted by atomic mass is 10.00. The number of rotatable bonds is 8. The summed E-state index contributed by atoms with van der Waals surface area (Å²) in [5.41, 5.74) is -0.0676. The fourth-order valence-corrected chi connectivity index (χ4v) is 4.98. The van der Waals surface area contributed by atoms with Crippen LogP contribution in [-0.4, -0.2) is 79.1 Å². The summed E-state index contributed by atoms with van der Waals surface area (Å²) in [4.78, 5) is 21.6. The van der Waals surface area contributed by atoms with Gasteiger partial charge in [-0.1, -0.05) is 12.8 Å². The lowest BCUT2D eigenvalue weighted by molar-refractivity contribution is -0.137. The number of nitrogens with zero attached hydrogens (tertiary/aromatic N) is 3. The summed E-state index contributed by atoms with van der Waals surface area (Å²) in [5.74, 6) is 1.39. The van der Waals surface area contributed by atoms with Crippen LogP contribution in [0.4, 0.5) is 0 Å². The molecule has 7 nitrogen and oxygen atoms in total. The zero-order chi connectivity index (χ0) is 21.4. The number of amides is 1. The third kappa shape index (κ3) is 6.43. The van der Waals surface area contributed by atoms with Crippen LogP contribution in [0, 0.1) is 5.92 Å². The maximum Gasteiger partial charge on any atom is 0.225 e. The third-order valence-electron chi connectivity index (χ3n) is 6.14. The Balaban J connectivity index is 1.40. The molecule has 3 rings (SSSR count). The molecular formula is C22H37N5O2S. The molecule has 1 aliphatic carbocycles. The van der Waals surface area contributed by atoms with Crippen molar-refractivity contribution in [3.8, 4) is 0 Å². The molecule has 168 valence electrons. The zero-order valence-electron chi connectivity index (χ0n) is 18.4. The van der Waals surface area contributed by atoms with Crippen molar-refractivity contribution in [2.75, 3.05) is 52.4 Å². The van der Waals surface area contributed by atoms with Gasteiger partial charge in [-0.3, -0.25) is 9.69 Å². The molecule has 0 radical (unpaired) electrons. The van der Waals surface area contributed by atoms with Crippen LogP contribution in [-0.2, 0) is 10.4 Å². The molecule has 1 aliphatic heterocycles. The second-order valence-electron chi connectivity index (χ2n) is 8.56. The quantitative estimate of drug-likeness (QED) is 0.429. The number of carbonyl (C=O) groups is 1. The Labute approximate surface area is 184 Å². The Kier molecular flexibility index (Phi) is 8.53. The average Bonchev–Trinajstić information content (AvgIpc) is 3.46. The molecule has 1 unspecified atom stereocenters. The average molecular weight is 436 g/mol. The predicted octanol–water partition coefficient (Wildman–Crippen LogP) is 1.85. The van der Waals surface area contributed by atoms with E-state index in [4.69, 9.17) is 0 Å². The first-order valence-corrected chi connectivity index (χ1v) is 12.2. The number of piperazine rings is 1. The van der Waals surface area contributed by atoms with Gasteiger partial charge in [0.05, 0.1) is 6.54 Å². The summed E-state index contributed by atoms with van der Waals surface area (Å²) >= 11 is 1.58. The molecule has 3 N–H and O–H groups in total. The maximum atomic E-state index is 12.6. The van der Waals surface area contributed by atoms with Crippen molar-refractivity contribution in [2.24, 2.45) is 10.9 Å². The van der Waals surface area contributed by atoms with Crippen LogP contribution in [0.2, 0.25) is 0 Å².